The van der Waals surface area contributed by atoms with Crippen LogP contribution in [0.2, 0.25) is 5.02 Å². The van der Waals surface area contributed by atoms with Crippen LogP contribution < -0.4 is 11.1 Å². The Balaban J connectivity index is 2.27. The summed E-state index contributed by atoms with van der Waals surface area (Å²) in [6.07, 6.45) is 0. The van der Waals surface area contributed by atoms with E-state index >= 15 is 0 Å². The Morgan fingerprint density at radius 3 is 2.58 bits per heavy atom. The van der Waals surface area contributed by atoms with E-state index in [2.05, 4.69) is 5.32 Å². The second-order valence-corrected chi connectivity index (χ2v) is 4.25. The van der Waals surface area contributed by atoms with E-state index in [1.54, 1.807) is 12.1 Å². The van der Waals surface area contributed by atoms with Crippen molar-refractivity contribution >= 4 is 28.9 Å². The molecule has 0 heterocycles. The van der Waals surface area contributed by atoms with Crippen molar-refractivity contribution in [1.82, 2.24) is 0 Å². The molecule has 0 aliphatic carbocycles. The number of nitrogens with two attached hydrogens (primary N) is 1. The van der Waals surface area contributed by atoms with Crippen LogP contribution in [0.25, 0.3) is 0 Å². The number of nitrogen functional groups attached to an aromatic ring is 1. The average Bonchev–Trinajstić information content (AvgIpc) is 2.36. The van der Waals surface area contributed by atoms with Crippen LogP contribution in [-0.2, 0) is 0 Å². The first-order chi connectivity index (χ1) is 8.97. The molecule has 0 saturated carbocycles. The molecule has 0 saturated heterocycles. The third-order valence-corrected chi connectivity index (χ3v) is 2.66. The zero-order valence-electron chi connectivity index (χ0n) is 9.58. The van der Waals surface area contributed by atoms with Gasteiger partial charge in [-0.05, 0) is 24.3 Å². The molecule has 0 bridgehead atoms. The number of benzene rings is 2. The Hall–Kier alpha value is -2.14. The Kier molecular flexibility index (Phi) is 3.66. The summed E-state index contributed by atoms with van der Waals surface area (Å²) in [5, 5.41) is 2.68. The summed E-state index contributed by atoms with van der Waals surface area (Å²) in [5.41, 5.74) is 5.13. The summed E-state index contributed by atoms with van der Waals surface area (Å²) >= 11 is 5.75. The Morgan fingerprint density at radius 2 is 1.89 bits per heavy atom. The highest BCUT2D eigenvalue weighted by Gasteiger charge is 2.12. The van der Waals surface area contributed by atoms with Gasteiger partial charge in [0.05, 0.1) is 11.4 Å². The molecule has 0 atom stereocenters. The van der Waals surface area contributed by atoms with Gasteiger partial charge in [-0.25, -0.2) is 8.78 Å². The first-order valence-electron chi connectivity index (χ1n) is 5.29. The molecule has 19 heavy (non-hydrogen) atoms. The number of halogens is 3. The summed E-state index contributed by atoms with van der Waals surface area (Å²) in [4.78, 5) is 11.8. The Morgan fingerprint density at radius 1 is 1.16 bits per heavy atom. The van der Waals surface area contributed by atoms with Gasteiger partial charge in [-0.3, -0.25) is 4.79 Å². The lowest BCUT2D eigenvalue weighted by Crippen LogP contribution is -2.13. The monoisotopic (exact) mass is 282 g/mol. The first kappa shape index (κ1) is 13.3. The van der Waals surface area contributed by atoms with Crippen LogP contribution in [-0.4, -0.2) is 5.91 Å². The lowest BCUT2D eigenvalue weighted by Gasteiger charge is -2.08. The molecule has 1 amide bonds. The molecule has 3 N–H and O–H groups in total. The van der Waals surface area contributed by atoms with Gasteiger partial charge in [0.15, 0.2) is 0 Å². The zero-order chi connectivity index (χ0) is 14.0. The van der Waals surface area contributed by atoms with Crippen molar-refractivity contribution in [3.63, 3.8) is 0 Å². The average molecular weight is 283 g/mol. The van der Waals surface area contributed by atoms with Crippen molar-refractivity contribution in [1.29, 1.82) is 0 Å². The normalized spacial score (nSPS) is 10.3. The molecule has 6 heteroatoms. The van der Waals surface area contributed by atoms with Gasteiger partial charge >= 0.3 is 0 Å². The maximum absolute atomic E-state index is 13.4. The molecule has 2 aromatic carbocycles. The minimum Gasteiger partial charge on any atom is -0.396 e. The zero-order valence-corrected chi connectivity index (χ0v) is 10.3. The SMILES string of the molecule is Nc1cc(NC(=O)c2cccc(Cl)c2)c(F)cc1F. The second-order valence-electron chi connectivity index (χ2n) is 3.82. The molecule has 0 aliphatic rings. The quantitative estimate of drug-likeness (QED) is 0.829. The van der Waals surface area contributed by atoms with Crippen LogP contribution in [0, 0.1) is 11.6 Å². The van der Waals surface area contributed by atoms with Crippen molar-refractivity contribution in [3.05, 3.63) is 58.6 Å². The smallest absolute Gasteiger partial charge is 0.255 e. The summed E-state index contributed by atoms with van der Waals surface area (Å²) in [5.74, 6) is -2.34. The van der Waals surface area contributed by atoms with Gasteiger partial charge < -0.3 is 11.1 Å². The van der Waals surface area contributed by atoms with Gasteiger partial charge in [0.2, 0.25) is 0 Å². The van der Waals surface area contributed by atoms with E-state index in [0.717, 1.165) is 6.07 Å². The fraction of sp³-hybridized carbons (Fsp3) is 0. The Labute approximate surface area is 113 Å². The minimum atomic E-state index is -0.901. The summed E-state index contributed by atoms with van der Waals surface area (Å²) in [6.45, 7) is 0. The number of hydrogen-bond donors (Lipinski definition) is 2. The van der Waals surface area contributed by atoms with Gasteiger partial charge in [0.25, 0.3) is 5.91 Å². The molecule has 2 aromatic rings. The van der Waals surface area contributed by atoms with Gasteiger partial charge in [-0.15, -0.1) is 0 Å². The molecule has 2 rings (SSSR count). The van der Waals surface area contributed by atoms with E-state index in [9.17, 15) is 13.6 Å². The summed E-state index contributed by atoms with van der Waals surface area (Å²) in [7, 11) is 0. The summed E-state index contributed by atoms with van der Waals surface area (Å²) in [6, 6.07) is 7.78. The van der Waals surface area contributed by atoms with Gasteiger partial charge in [0, 0.05) is 16.7 Å². The van der Waals surface area contributed by atoms with Crippen molar-refractivity contribution in [2.75, 3.05) is 11.1 Å². The highest BCUT2D eigenvalue weighted by Crippen LogP contribution is 2.22. The van der Waals surface area contributed by atoms with E-state index in [4.69, 9.17) is 17.3 Å². The van der Waals surface area contributed by atoms with Gasteiger partial charge in [-0.1, -0.05) is 17.7 Å². The largest absolute Gasteiger partial charge is 0.396 e. The van der Waals surface area contributed by atoms with Gasteiger partial charge in [-0.2, -0.15) is 0 Å². The molecule has 0 aliphatic heterocycles. The number of rotatable bonds is 2. The standard InChI is InChI=1S/C13H9ClF2N2O/c14-8-3-1-2-7(4-8)13(19)18-12-6-11(17)9(15)5-10(12)16/h1-6H,17H2,(H,18,19). The van der Waals surface area contributed by atoms with Crippen LogP contribution in [0.15, 0.2) is 36.4 Å². The molecule has 98 valence electrons. The minimum absolute atomic E-state index is 0.191. The van der Waals surface area contributed by atoms with E-state index in [1.165, 1.54) is 12.1 Å². The van der Waals surface area contributed by atoms with Crippen LogP contribution in [0.3, 0.4) is 0 Å². The van der Waals surface area contributed by atoms with E-state index in [-0.39, 0.29) is 16.9 Å². The maximum atomic E-state index is 13.4. The van der Waals surface area contributed by atoms with Crippen molar-refractivity contribution in [2.45, 2.75) is 0 Å². The predicted octanol–water partition coefficient (Wildman–Crippen LogP) is 3.45. The third kappa shape index (κ3) is 3.00. The van der Waals surface area contributed by atoms with Crippen LogP contribution in [0.5, 0.6) is 0 Å². The number of amides is 1. The van der Waals surface area contributed by atoms with E-state index in [0.29, 0.717) is 11.1 Å². The Bertz CT molecular complexity index is 647. The van der Waals surface area contributed by atoms with E-state index in [1.807, 2.05) is 0 Å². The van der Waals surface area contributed by atoms with Gasteiger partial charge in [0.1, 0.15) is 11.6 Å². The van der Waals surface area contributed by atoms with Crippen molar-refractivity contribution < 1.29 is 13.6 Å². The van der Waals surface area contributed by atoms with Crippen LogP contribution in [0.1, 0.15) is 10.4 Å². The fourth-order valence-corrected chi connectivity index (χ4v) is 1.68. The highest BCUT2D eigenvalue weighted by molar-refractivity contribution is 6.31. The fourth-order valence-electron chi connectivity index (χ4n) is 1.49. The lowest BCUT2D eigenvalue weighted by molar-refractivity contribution is 0.102. The highest BCUT2D eigenvalue weighted by atomic mass is 35.5. The molecule has 0 fully saturated rings. The lowest BCUT2D eigenvalue weighted by atomic mass is 10.2. The molecule has 3 nitrogen and oxygen atoms in total. The number of hydrogen-bond acceptors (Lipinski definition) is 2. The molecule has 0 aromatic heterocycles. The number of carbonyl (C=O) groups excluding carboxylic acids is 1. The van der Waals surface area contributed by atoms with Crippen LogP contribution in [0.4, 0.5) is 20.2 Å². The number of nitrogens with one attached hydrogen (secondary N) is 1. The number of anilines is 2. The second kappa shape index (κ2) is 5.24. The predicted molar refractivity (Wildman–Crippen MR) is 70.2 cm³/mol. The third-order valence-electron chi connectivity index (χ3n) is 2.42. The molecule has 0 unspecified atom stereocenters. The van der Waals surface area contributed by atoms with Crippen molar-refractivity contribution in [3.8, 4) is 0 Å². The maximum Gasteiger partial charge on any atom is 0.255 e. The summed E-state index contributed by atoms with van der Waals surface area (Å²) < 4.78 is 26.4. The molecular formula is C13H9ClF2N2O. The molecular weight excluding hydrogens is 274 g/mol. The topological polar surface area (TPSA) is 55.1 Å². The molecule has 0 radical (unpaired) electrons. The van der Waals surface area contributed by atoms with Crippen molar-refractivity contribution in [2.24, 2.45) is 0 Å². The first-order valence-corrected chi connectivity index (χ1v) is 5.66. The van der Waals surface area contributed by atoms with Crippen LogP contribution >= 0.6 is 11.6 Å². The molecule has 0 spiro atoms. The number of carbonyl (C=O) groups is 1. The van der Waals surface area contributed by atoms with E-state index < -0.39 is 17.5 Å².